The SMILES string of the molecule is Clc1ccc(CCNCC2CCCc3ccccc32)s1. The van der Waals surface area contributed by atoms with Crippen LogP contribution in [0.3, 0.4) is 0 Å². The minimum atomic E-state index is 0.687. The Labute approximate surface area is 130 Å². The van der Waals surface area contributed by atoms with Gasteiger partial charge in [0.15, 0.2) is 0 Å². The second-order valence-electron chi connectivity index (χ2n) is 5.45. The van der Waals surface area contributed by atoms with Crippen molar-refractivity contribution in [1.82, 2.24) is 5.32 Å². The van der Waals surface area contributed by atoms with Crippen molar-refractivity contribution in [2.75, 3.05) is 13.1 Å². The number of fused-ring (bicyclic) bond motifs is 1. The smallest absolute Gasteiger partial charge is 0.0931 e. The van der Waals surface area contributed by atoms with Crippen LogP contribution in [0.25, 0.3) is 0 Å². The Kier molecular flexibility index (Phi) is 4.77. The molecular weight excluding hydrogens is 286 g/mol. The highest BCUT2D eigenvalue weighted by Gasteiger charge is 2.18. The standard InChI is InChI=1S/C17H20ClNS/c18-17-9-8-15(20-17)10-11-19-12-14-6-3-5-13-4-1-2-7-16(13)14/h1-2,4,7-9,14,19H,3,5-6,10-12H2. The van der Waals surface area contributed by atoms with E-state index in [-0.39, 0.29) is 0 Å². The van der Waals surface area contributed by atoms with Crippen molar-refractivity contribution < 1.29 is 0 Å². The van der Waals surface area contributed by atoms with Gasteiger partial charge in [-0.25, -0.2) is 0 Å². The number of halogens is 1. The number of benzene rings is 1. The maximum atomic E-state index is 5.95. The van der Waals surface area contributed by atoms with Crippen LogP contribution in [-0.4, -0.2) is 13.1 Å². The zero-order valence-electron chi connectivity index (χ0n) is 11.6. The normalized spacial score (nSPS) is 17.9. The summed E-state index contributed by atoms with van der Waals surface area (Å²) in [6, 6.07) is 13.0. The van der Waals surface area contributed by atoms with Crippen molar-refractivity contribution in [3.8, 4) is 0 Å². The van der Waals surface area contributed by atoms with Crippen LogP contribution in [0.5, 0.6) is 0 Å². The van der Waals surface area contributed by atoms with Gasteiger partial charge in [-0.3, -0.25) is 0 Å². The summed E-state index contributed by atoms with van der Waals surface area (Å²) in [6.07, 6.45) is 4.96. The van der Waals surface area contributed by atoms with Crippen molar-refractivity contribution in [1.29, 1.82) is 0 Å². The highest BCUT2D eigenvalue weighted by Crippen LogP contribution is 2.30. The van der Waals surface area contributed by atoms with Gasteiger partial charge in [-0.05, 0) is 61.4 Å². The third-order valence-electron chi connectivity index (χ3n) is 4.06. The number of thiophene rings is 1. The lowest BCUT2D eigenvalue weighted by molar-refractivity contribution is 0.509. The molecule has 1 nitrogen and oxygen atoms in total. The first kappa shape index (κ1) is 14.1. The van der Waals surface area contributed by atoms with E-state index in [0.717, 1.165) is 23.8 Å². The zero-order valence-corrected chi connectivity index (χ0v) is 13.1. The number of nitrogens with one attached hydrogen (secondary N) is 1. The van der Waals surface area contributed by atoms with Crippen LogP contribution in [-0.2, 0) is 12.8 Å². The highest BCUT2D eigenvalue weighted by atomic mass is 35.5. The van der Waals surface area contributed by atoms with Crippen LogP contribution in [0.4, 0.5) is 0 Å². The van der Waals surface area contributed by atoms with E-state index in [1.165, 1.54) is 24.1 Å². The van der Waals surface area contributed by atoms with Crippen LogP contribution >= 0.6 is 22.9 Å². The van der Waals surface area contributed by atoms with Crippen molar-refractivity contribution in [2.24, 2.45) is 0 Å². The van der Waals surface area contributed by atoms with Crippen molar-refractivity contribution in [2.45, 2.75) is 31.6 Å². The maximum Gasteiger partial charge on any atom is 0.0931 e. The Balaban J connectivity index is 1.50. The third-order valence-corrected chi connectivity index (χ3v) is 5.35. The molecule has 0 aliphatic heterocycles. The second kappa shape index (κ2) is 6.75. The molecule has 2 aromatic rings. The first-order valence-electron chi connectivity index (χ1n) is 7.35. The molecule has 0 amide bonds. The number of aryl methyl sites for hydroxylation is 1. The number of hydrogen-bond donors (Lipinski definition) is 1. The average Bonchev–Trinajstić information content (AvgIpc) is 2.89. The van der Waals surface area contributed by atoms with Crippen molar-refractivity contribution in [3.05, 3.63) is 56.7 Å². The van der Waals surface area contributed by atoms with E-state index in [2.05, 4.69) is 35.6 Å². The van der Waals surface area contributed by atoms with Gasteiger partial charge >= 0.3 is 0 Å². The lowest BCUT2D eigenvalue weighted by atomic mass is 9.83. The fraction of sp³-hybridized carbons (Fsp3) is 0.412. The van der Waals surface area contributed by atoms with Crippen LogP contribution in [0.2, 0.25) is 4.34 Å². The molecule has 1 atom stereocenters. The highest BCUT2D eigenvalue weighted by molar-refractivity contribution is 7.16. The van der Waals surface area contributed by atoms with Gasteiger partial charge in [-0.2, -0.15) is 0 Å². The van der Waals surface area contributed by atoms with Gasteiger partial charge in [-0.15, -0.1) is 11.3 Å². The minimum Gasteiger partial charge on any atom is -0.316 e. The minimum absolute atomic E-state index is 0.687. The van der Waals surface area contributed by atoms with Crippen molar-refractivity contribution in [3.63, 3.8) is 0 Å². The van der Waals surface area contributed by atoms with E-state index in [4.69, 9.17) is 11.6 Å². The molecule has 106 valence electrons. The lowest BCUT2D eigenvalue weighted by Crippen LogP contribution is -2.26. The fourth-order valence-corrected chi connectivity index (χ4v) is 4.13. The average molecular weight is 306 g/mol. The van der Waals surface area contributed by atoms with E-state index in [1.54, 1.807) is 22.5 Å². The Morgan fingerprint density at radius 3 is 2.95 bits per heavy atom. The van der Waals surface area contributed by atoms with E-state index in [0.29, 0.717) is 5.92 Å². The molecule has 1 aliphatic carbocycles. The molecule has 0 bridgehead atoms. The summed E-state index contributed by atoms with van der Waals surface area (Å²) >= 11 is 7.64. The first-order valence-corrected chi connectivity index (χ1v) is 8.55. The summed E-state index contributed by atoms with van der Waals surface area (Å²) in [5.41, 5.74) is 3.11. The maximum absolute atomic E-state index is 5.95. The van der Waals surface area contributed by atoms with Crippen LogP contribution < -0.4 is 5.32 Å². The van der Waals surface area contributed by atoms with Gasteiger partial charge in [0.25, 0.3) is 0 Å². The lowest BCUT2D eigenvalue weighted by Gasteiger charge is -2.25. The molecule has 1 aromatic carbocycles. The van der Waals surface area contributed by atoms with E-state index in [1.807, 2.05) is 6.07 Å². The molecule has 0 spiro atoms. The summed E-state index contributed by atoms with van der Waals surface area (Å²) < 4.78 is 0.890. The Bertz CT molecular complexity index is 564. The monoisotopic (exact) mass is 305 g/mol. The van der Waals surface area contributed by atoms with E-state index >= 15 is 0 Å². The second-order valence-corrected chi connectivity index (χ2v) is 7.25. The largest absolute Gasteiger partial charge is 0.316 e. The van der Waals surface area contributed by atoms with Gasteiger partial charge in [0.1, 0.15) is 0 Å². The molecule has 20 heavy (non-hydrogen) atoms. The molecule has 3 heteroatoms. The van der Waals surface area contributed by atoms with Gasteiger partial charge in [0.2, 0.25) is 0 Å². The summed E-state index contributed by atoms with van der Waals surface area (Å²) in [5, 5.41) is 3.62. The van der Waals surface area contributed by atoms with E-state index in [9.17, 15) is 0 Å². The molecule has 1 heterocycles. The van der Waals surface area contributed by atoms with Crippen molar-refractivity contribution >= 4 is 22.9 Å². The molecular formula is C17H20ClNS. The van der Waals surface area contributed by atoms with Gasteiger partial charge in [-0.1, -0.05) is 35.9 Å². The predicted octanol–water partition coefficient (Wildman–Crippen LogP) is 4.65. The molecule has 0 saturated carbocycles. The zero-order chi connectivity index (χ0) is 13.8. The molecule has 1 aliphatic rings. The topological polar surface area (TPSA) is 12.0 Å². The number of rotatable bonds is 5. The fourth-order valence-electron chi connectivity index (χ4n) is 3.04. The molecule has 0 radical (unpaired) electrons. The van der Waals surface area contributed by atoms with Crippen LogP contribution in [0, 0.1) is 0 Å². The summed E-state index contributed by atoms with van der Waals surface area (Å²) in [6.45, 7) is 2.13. The van der Waals surface area contributed by atoms with Crippen LogP contribution in [0.15, 0.2) is 36.4 Å². The van der Waals surface area contributed by atoms with Gasteiger partial charge in [0, 0.05) is 11.4 Å². The molecule has 0 saturated heterocycles. The predicted molar refractivity (Wildman–Crippen MR) is 88.0 cm³/mol. The quantitative estimate of drug-likeness (QED) is 0.793. The summed E-state index contributed by atoms with van der Waals surface area (Å²) in [5.74, 6) is 0.687. The first-order chi connectivity index (χ1) is 9.83. The summed E-state index contributed by atoms with van der Waals surface area (Å²) in [7, 11) is 0. The number of hydrogen-bond acceptors (Lipinski definition) is 2. The van der Waals surface area contributed by atoms with Gasteiger partial charge in [0.05, 0.1) is 4.34 Å². The summed E-state index contributed by atoms with van der Waals surface area (Å²) in [4.78, 5) is 1.37. The molecule has 3 rings (SSSR count). The molecule has 1 aromatic heterocycles. The molecule has 0 fully saturated rings. The molecule has 1 unspecified atom stereocenters. The molecule has 1 N–H and O–H groups in total. The third kappa shape index (κ3) is 3.43. The van der Waals surface area contributed by atoms with E-state index < -0.39 is 0 Å². The Hall–Kier alpha value is -0.830. The Morgan fingerprint density at radius 2 is 2.10 bits per heavy atom. The van der Waals surface area contributed by atoms with Gasteiger partial charge < -0.3 is 5.32 Å². The Morgan fingerprint density at radius 1 is 1.20 bits per heavy atom. The van der Waals surface area contributed by atoms with Crippen LogP contribution in [0.1, 0.15) is 34.8 Å².